The summed E-state index contributed by atoms with van der Waals surface area (Å²) in [6.07, 6.45) is 3.37. The molecule has 1 aliphatic carbocycles. The van der Waals surface area contributed by atoms with Gasteiger partial charge in [-0.05, 0) is 60.9 Å². The topological polar surface area (TPSA) is 59.7 Å². The molecule has 1 fully saturated rings. The highest BCUT2D eigenvalue weighted by Crippen LogP contribution is 2.45. The van der Waals surface area contributed by atoms with E-state index in [0.717, 1.165) is 17.3 Å². The maximum absolute atomic E-state index is 12.9. The second-order valence-corrected chi connectivity index (χ2v) is 9.94. The van der Waals surface area contributed by atoms with Crippen LogP contribution >= 0.6 is 27.5 Å². The van der Waals surface area contributed by atoms with E-state index in [1.54, 1.807) is 21.7 Å². The van der Waals surface area contributed by atoms with Gasteiger partial charge in [0.05, 0.1) is 10.7 Å². The zero-order chi connectivity index (χ0) is 19.3. The minimum atomic E-state index is -0.588. The Balaban J connectivity index is 1.99. The maximum atomic E-state index is 12.9. The number of amides is 1. The lowest BCUT2D eigenvalue weighted by molar-refractivity contribution is 0.0523. The van der Waals surface area contributed by atoms with Gasteiger partial charge in [0, 0.05) is 12.6 Å². The first-order chi connectivity index (χ1) is 12.0. The normalized spacial score (nSPS) is 17.2. The fraction of sp³-hybridized carbons (Fsp3) is 0.611. The quantitative estimate of drug-likeness (QED) is 0.602. The zero-order valence-electron chi connectivity index (χ0n) is 15.7. The van der Waals surface area contributed by atoms with Gasteiger partial charge in [-0.3, -0.25) is 4.90 Å². The van der Waals surface area contributed by atoms with Gasteiger partial charge in [-0.15, -0.1) is 0 Å². The van der Waals surface area contributed by atoms with Crippen LogP contribution in [-0.2, 0) is 4.74 Å². The van der Waals surface area contributed by atoms with Crippen molar-refractivity contribution in [1.82, 2.24) is 14.6 Å². The summed E-state index contributed by atoms with van der Waals surface area (Å²) in [4.78, 5) is 18.9. The SMILES string of the molecule is CC1(C)CC(CN(C(=O)OC(C)(C)C)c2cc(Cl)nc3c(Br)cnn23)C1. The molecule has 0 aromatic carbocycles. The number of hydrogen-bond acceptors (Lipinski definition) is 4. The summed E-state index contributed by atoms with van der Waals surface area (Å²) in [6.45, 7) is 10.6. The molecule has 0 saturated heterocycles. The number of carbonyl (C=O) groups excluding carboxylic acids is 1. The first-order valence-electron chi connectivity index (χ1n) is 8.65. The predicted octanol–water partition coefficient (Wildman–Crippen LogP) is 5.32. The van der Waals surface area contributed by atoms with E-state index in [1.807, 2.05) is 20.8 Å². The van der Waals surface area contributed by atoms with Crippen molar-refractivity contribution < 1.29 is 9.53 Å². The molecule has 0 atom stereocenters. The molecule has 0 N–H and O–H groups in total. The number of hydrogen-bond donors (Lipinski definition) is 0. The summed E-state index contributed by atoms with van der Waals surface area (Å²) in [6, 6.07) is 1.65. The van der Waals surface area contributed by atoms with Crippen LogP contribution in [0.2, 0.25) is 5.15 Å². The molecule has 0 aliphatic heterocycles. The highest BCUT2D eigenvalue weighted by molar-refractivity contribution is 9.10. The molecular weight excluding hydrogens is 420 g/mol. The number of carbonyl (C=O) groups is 1. The highest BCUT2D eigenvalue weighted by atomic mass is 79.9. The molecule has 0 bridgehead atoms. The summed E-state index contributed by atoms with van der Waals surface area (Å²) in [5, 5.41) is 4.64. The van der Waals surface area contributed by atoms with Gasteiger partial charge >= 0.3 is 6.09 Å². The van der Waals surface area contributed by atoms with E-state index in [4.69, 9.17) is 16.3 Å². The van der Waals surface area contributed by atoms with E-state index in [1.165, 1.54) is 0 Å². The molecule has 26 heavy (non-hydrogen) atoms. The van der Waals surface area contributed by atoms with Gasteiger partial charge in [0.1, 0.15) is 16.6 Å². The zero-order valence-corrected chi connectivity index (χ0v) is 18.1. The van der Waals surface area contributed by atoms with Crippen LogP contribution in [0, 0.1) is 11.3 Å². The molecule has 0 unspecified atom stereocenters. The molecule has 0 spiro atoms. The largest absolute Gasteiger partial charge is 0.443 e. The van der Waals surface area contributed by atoms with Gasteiger partial charge in [0.25, 0.3) is 0 Å². The lowest BCUT2D eigenvalue weighted by Gasteiger charge is -2.44. The summed E-state index contributed by atoms with van der Waals surface area (Å²) < 4.78 is 7.97. The number of fused-ring (bicyclic) bond motifs is 1. The van der Waals surface area contributed by atoms with Crippen LogP contribution in [0.1, 0.15) is 47.5 Å². The van der Waals surface area contributed by atoms with Gasteiger partial charge in [-0.1, -0.05) is 25.4 Å². The minimum absolute atomic E-state index is 0.302. The molecule has 1 saturated carbocycles. The van der Waals surface area contributed by atoms with Crippen molar-refractivity contribution >= 4 is 45.1 Å². The number of halogens is 2. The number of ether oxygens (including phenoxy) is 1. The van der Waals surface area contributed by atoms with Crippen LogP contribution in [0.4, 0.5) is 10.6 Å². The average Bonchev–Trinajstić information content (AvgIpc) is 2.81. The molecule has 2 aromatic heterocycles. The Morgan fingerprint density at radius 3 is 2.69 bits per heavy atom. The second-order valence-electron chi connectivity index (χ2n) is 8.69. The first-order valence-corrected chi connectivity index (χ1v) is 9.83. The van der Waals surface area contributed by atoms with Crippen LogP contribution in [0.25, 0.3) is 5.65 Å². The molecule has 3 rings (SSSR count). The summed E-state index contributed by atoms with van der Waals surface area (Å²) in [5.41, 5.74) is 0.300. The van der Waals surface area contributed by atoms with E-state index in [-0.39, 0.29) is 0 Å². The van der Waals surface area contributed by atoms with Crippen molar-refractivity contribution in [3.05, 3.63) is 21.9 Å². The Morgan fingerprint density at radius 2 is 2.12 bits per heavy atom. The Bertz CT molecular complexity index is 836. The van der Waals surface area contributed by atoms with E-state index in [0.29, 0.717) is 34.5 Å². The average molecular weight is 444 g/mol. The fourth-order valence-corrected chi connectivity index (χ4v) is 4.08. The van der Waals surface area contributed by atoms with Crippen molar-refractivity contribution in [1.29, 1.82) is 0 Å². The Kier molecular flexibility index (Phi) is 4.99. The van der Waals surface area contributed by atoms with Crippen LogP contribution in [0.3, 0.4) is 0 Å². The van der Waals surface area contributed by atoms with E-state index < -0.39 is 11.7 Å². The van der Waals surface area contributed by atoms with Gasteiger partial charge in [-0.2, -0.15) is 9.61 Å². The minimum Gasteiger partial charge on any atom is -0.443 e. The van der Waals surface area contributed by atoms with Gasteiger partial charge in [0.2, 0.25) is 0 Å². The van der Waals surface area contributed by atoms with Crippen LogP contribution in [-0.4, -0.2) is 32.8 Å². The van der Waals surface area contributed by atoms with E-state index >= 15 is 0 Å². The highest BCUT2D eigenvalue weighted by Gasteiger charge is 2.39. The van der Waals surface area contributed by atoms with Crippen molar-refractivity contribution in [3.63, 3.8) is 0 Å². The lowest BCUT2D eigenvalue weighted by atomic mass is 9.64. The summed E-state index contributed by atoms with van der Waals surface area (Å²) in [5.74, 6) is 0.975. The van der Waals surface area contributed by atoms with E-state index in [9.17, 15) is 4.79 Å². The Hall–Kier alpha value is -1.34. The van der Waals surface area contributed by atoms with Crippen LogP contribution < -0.4 is 4.90 Å². The molecule has 6 nitrogen and oxygen atoms in total. The third-order valence-corrected chi connectivity index (χ3v) is 5.15. The van der Waals surface area contributed by atoms with Crippen molar-refractivity contribution in [3.8, 4) is 0 Å². The molecule has 1 amide bonds. The predicted molar refractivity (Wildman–Crippen MR) is 106 cm³/mol. The molecule has 8 heteroatoms. The first kappa shape index (κ1) is 19.4. The van der Waals surface area contributed by atoms with Crippen molar-refractivity contribution in [2.24, 2.45) is 11.3 Å². The summed E-state index contributed by atoms with van der Waals surface area (Å²) in [7, 11) is 0. The smallest absolute Gasteiger partial charge is 0.416 e. The standard InChI is InChI=1S/C18H24BrClN4O2/c1-17(2,3)26-16(25)23(10-11-7-18(4,5)8-11)14-6-13(20)22-15-12(19)9-21-24(14)15/h6,9,11H,7-8,10H2,1-5H3. The van der Waals surface area contributed by atoms with Crippen molar-refractivity contribution in [2.75, 3.05) is 11.4 Å². The van der Waals surface area contributed by atoms with Crippen molar-refractivity contribution in [2.45, 2.75) is 53.1 Å². The third kappa shape index (κ3) is 4.14. The van der Waals surface area contributed by atoms with Crippen LogP contribution in [0.5, 0.6) is 0 Å². The number of anilines is 1. The molecular formula is C18H24BrClN4O2. The summed E-state index contributed by atoms with van der Waals surface area (Å²) >= 11 is 9.63. The molecule has 142 valence electrons. The van der Waals surface area contributed by atoms with Gasteiger partial charge < -0.3 is 4.74 Å². The molecule has 2 aromatic rings. The fourth-order valence-electron chi connectivity index (χ4n) is 3.55. The maximum Gasteiger partial charge on any atom is 0.416 e. The Labute approximate surface area is 167 Å². The van der Waals surface area contributed by atoms with Gasteiger partial charge in [-0.25, -0.2) is 9.78 Å². The number of nitrogens with zero attached hydrogens (tertiary/aromatic N) is 4. The third-order valence-electron chi connectivity index (χ3n) is 4.39. The number of aromatic nitrogens is 3. The molecule has 1 aliphatic rings. The Morgan fingerprint density at radius 1 is 1.46 bits per heavy atom. The van der Waals surface area contributed by atoms with E-state index in [2.05, 4.69) is 39.9 Å². The lowest BCUT2D eigenvalue weighted by Crippen LogP contribution is -2.45. The van der Waals surface area contributed by atoms with Crippen LogP contribution in [0.15, 0.2) is 16.7 Å². The van der Waals surface area contributed by atoms with Gasteiger partial charge in [0.15, 0.2) is 5.65 Å². The second kappa shape index (κ2) is 6.68. The molecule has 0 radical (unpaired) electrons. The molecule has 2 heterocycles. The number of rotatable bonds is 3. The monoisotopic (exact) mass is 442 g/mol.